The van der Waals surface area contributed by atoms with Crippen molar-refractivity contribution < 1.29 is 19.1 Å². The molecule has 2 aromatic rings. The van der Waals surface area contributed by atoms with E-state index in [1.165, 1.54) is 0 Å². The summed E-state index contributed by atoms with van der Waals surface area (Å²) in [7, 11) is 0. The number of ether oxygens (including phenoxy) is 2. The molecule has 1 aromatic heterocycles. The van der Waals surface area contributed by atoms with E-state index in [9.17, 15) is 9.59 Å². The van der Waals surface area contributed by atoms with E-state index in [0.717, 1.165) is 16.7 Å². The molecule has 1 aliphatic rings. The highest BCUT2D eigenvalue weighted by molar-refractivity contribution is 6.00. The smallest absolute Gasteiger partial charge is 0.309 e. The van der Waals surface area contributed by atoms with E-state index in [0.29, 0.717) is 51.4 Å². The standard InChI is InChI=1S/C24H30N2O4/c1-4-7-13-26-20-9-8-10-22(30-16-5-2)19(20)17-21(26)23(27)25-14-11-18(12-15-25)24(28)29-6-3/h4-5,7-10,17-18H,2,6,11-16H2,1,3H3. The first kappa shape index (κ1) is 21.7. The van der Waals surface area contributed by atoms with Gasteiger partial charge in [0.25, 0.3) is 5.91 Å². The van der Waals surface area contributed by atoms with Gasteiger partial charge in [0.1, 0.15) is 18.1 Å². The van der Waals surface area contributed by atoms with Crippen LogP contribution in [0.5, 0.6) is 5.75 Å². The number of hydrogen-bond donors (Lipinski definition) is 0. The normalized spacial score (nSPS) is 14.9. The number of benzene rings is 1. The number of esters is 1. The molecule has 0 saturated carbocycles. The first-order valence-electron chi connectivity index (χ1n) is 10.5. The average molecular weight is 411 g/mol. The van der Waals surface area contributed by atoms with Gasteiger partial charge < -0.3 is 18.9 Å². The minimum Gasteiger partial charge on any atom is -0.489 e. The van der Waals surface area contributed by atoms with Crippen molar-refractivity contribution in [2.24, 2.45) is 5.92 Å². The summed E-state index contributed by atoms with van der Waals surface area (Å²) in [5, 5.41) is 0.911. The molecular weight excluding hydrogens is 380 g/mol. The Bertz CT molecular complexity index is 936. The van der Waals surface area contributed by atoms with Crippen molar-refractivity contribution in [1.29, 1.82) is 0 Å². The Morgan fingerprint density at radius 3 is 2.70 bits per heavy atom. The fraction of sp³-hybridized carbons (Fsp3) is 0.417. The molecule has 6 heteroatoms. The lowest BCUT2D eigenvalue weighted by Gasteiger charge is -2.31. The predicted molar refractivity (Wildman–Crippen MR) is 118 cm³/mol. The van der Waals surface area contributed by atoms with Crippen LogP contribution < -0.4 is 4.74 Å². The molecule has 3 rings (SSSR count). The number of rotatable bonds is 8. The molecule has 0 radical (unpaired) electrons. The van der Waals surface area contributed by atoms with E-state index in [2.05, 4.69) is 6.58 Å². The number of carbonyl (C=O) groups is 2. The van der Waals surface area contributed by atoms with Gasteiger partial charge in [-0.15, -0.1) is 0 Å². The van der Waals surface area contributed by atoms with Gasteiger partial charge in [-0.1, -0.05) is 30.9 Å². The quantitative estimate of drug-likeness (QED) is 0.483. The second-order valence-corrected chi connectivity index (χ2v) is 7.32. The van der Waals surface area contributed by atoms with Crippen LogP contribution in [0.25, 0.3) is 10.9 Å². The highest BCUT2D eigenvalue weighted by Crippen LogP contribution is 2.31. The predicted octanol–water partition coefficient (Wildman–Crippen LogP) is 4.20. The zero-order chi connectivity index (χ0) is 21.5. The third-order valence-electron chi connectivity index (χ3n) is 5.41. The van der Waals surface area contributed by atoms with E-state index < -0.39 is 0 Å². The number of piperidine rings is 1. The molecule has 0 aliphatic carbocycles. The van der Waals surface area contributed by atoms with E-state index in [1.807, 2.05) is 59.7 Å². The lowest BCUT2D eigenvalue weighted by molar-refractivity contribution is -0.149. The summed E-state index contributed by atoms with van der Waals surface area (Å²) in [6.45, 7) is 9.98. The van der Waals surface area contributed by atoms with Crippen molar-refractivity contribution in [2.45, 2.75) is 33.2 Å². The minimum atomic E-state index is -0.157. The van der Waals surface area contributed by atoms with Gasteiger partial charge in [0.2, 0.25) is 0 Å². The zero-order valence-corrected chi connectivity index (χ0v) is 17.8. The summed E-state index contributed by atoms with van der Waals surface area (Å²) < 4.78 is 13.0. The maximum Gasteiger partial charge on any atom is 0.309 e. The summed E-state index contributed by atoms with van der Waals surface area (Å²) in [4.78, 5) is 27.2. The number of carbonyl (C=O) groups excluding carboxylic acids is 2. The van der Waals surface area contributed by atoms with Gasteiger partial charge in [0.15, 0.2) is 0 Å². The van der Waals surface area contributed by atoms with Crippen LogP contribution in [-0.2, 0) is 16.1 Å². The fourth-order valence-corrected chi connectivity index (χ4v) is 3.86. The van der Waals surface area contributed by atoms with Gasteiger partial charge in [0.05, 0.1) is 18.0 Å². The molecule has 6 nitrogen and oxygen atoms in total. The minimum absolute atomic E-state index is 0.0207. The SMILES string of the molecule is C=CCOc1cccc2c1cc(C(=O)N1CCC(C(=O)OCC)CC1)n2CC=CC. The van der Waals surface area contributed by atoms with Crippen LogP contribution in [0.15, 0.2) is 49.1 Å². The third-order valence-corrected chi connectivity index (χ3v) is 5.41. The third kappa shape index (κ3) is 4.58. The first-order valence-corrected chi connectivity index (χ1v) is 10.5. The highest BCUT2D eigenvalue weighted by Gasteiger charge is 2.30. The van der Waals surface area contributed by atoms with Crippen LogP contribution >= 0.6 is 0 Å². The van der Waals surface area contributed by atoms with Crippen LogP contribution in [0.2, 0.25) is 0 Å². The van der Waals surface area contributed by atoms with Crippen molar-refractivity contribution in [3.63, 3.8) is 0 Å². The summed E-state index contributed by atoms with van der Waals surface area (Å²) >= 11 is 0. The van der Waals surface area contributed by atoms with E-state index in [4.69, 9.17) is 9.47 Å². The Morgan fingerprint density at radius 2 is 2.03 bits per heavy atom. The number of allylic oxidation sites excluding steroid dienone is 2. The van der Waals surface area contributed by atoms with Crippen molar-refractivity contribution in [3.8, 4) is 5.75 Å². The Kier molecular flexibility index (Phi) is 7.33. The molecule has 0 bridgehead atoms. The van der Waals surface area contributed by atoms with Crippen molar-refractivity contribution in [1.82, 2.24) is 9.47 Å². The number of nitrogens with zero attached hydrogens (tertiary/aromatic N) is 2. The summed E-state index contributed by atoms with van der Waals surface area (Å²) in [5.41, 5.74) is 1.59. The second kappa shape index (κ2) is 10.1. The molecule has 1 saturated heterocycles. The molecule has 30 heavy (non-hydrogen) atoms. The van der Waals surface area contributed by atoms with E-state index in [1.54, 1.807) is 6.08 Å². The molecule has 0 unspecified atom stereocenters. The van der Waals surface area contributed by atoms with Crippen molar-refractivity contribution in [3.05, 3.63) is 54.8 Å². The van der Waals surface area contributed by atoms with Gasteiger partial charge in [-0.3, -0.25) is 9.59 Å². The number of likely N-dealkylation sites (tertiary alicyclic amines) is 1. The largest absolute Gasteiger partial charge is 0.489 e. The Balaban J connectivity index is 1.87. The molecular formula is C24H30N2O4. The molecule has 0 N–H and O–H groups in total. The second-order valence-electron chi connectivity index (χ2n) is 7.32. The lowest BCUT2D eigenvalue weighted by atomic mass is 9.97. The van der Waals surface area contributed by atoms with Crippen LogP contribution in [0, 0.1) is 5.92 Å². The van der Waals surface area contributed by atoms with Crippen LogP contribution in [0.3, 0.4) is 0 Å². The monoisotopic (exact) mass is 410 g/mol. The highest BCUT2D eigenvalue weighted by atomic mass is 16.5. The number of aromatic nitrogens is 1. The molecule has 0 spiro atoms. The van der Waals surface area contributed by atoms with Crippen LogP contribution in [0.4, 0.5) is 0 Å². The Hall–Kier alpha value is -3.02. The van der Waals surface area contributed by atoms with Crippen molar-refractivity contribution >= 4 is 22.8 Å². The zero-order valence-electron chi connectivity index (χ0n) is 17.8. The van der Waals surface area contributed by atoms with Crippen molar-refractivity contribution in [2.75, 3.05) is 26.3 Å². The molecule has 1 amide bonds. The topological polar surface area (TPSA) is 60.8 Å². The molecule has 0 atom stereocenters. The molecule has 1 aliphatic heterocycles. The number of fused-ring (bicyclic) bond motifs is 1. The Labute approximate surface area is 177 Å². The molecule has 1 fully saturated rings. The first-order chi connectivity index (χ1) is 14.6. The van der Waals surface area contributed by atoms with E-state index >= 15 is 0 Å². The van der Waals surface area contributed by atoms with Gasteiger partial charge in [-0.05, 0) is 44.9 Å². The van der Waals surface area contributed by atoms with Gasteiger partial charge >= 0.3 is 5.97 Å². The van der Waals surface area contributed by atoms with Crippen LogP contribution in [-0.4, -0.2) is 47.6 Å². The summed E-state index contributed by atoms with van der Waals surface area (Å²) in [6, 6.07) is 7.76. The summed E-state index contributed by atoms with van der Waals surface area (Å²) in [6.07, 6.45) is 6.97. The summed E-state index contributed by atoms with van der Waals surface area (Å²) in [5.74, 6) is 0.437. The van der Waals surface area contributed by atoms with Gasteiger partial charge in [-0.25, -0.2) is 0 Å². The maximum absolute atomic E-state index is 13.4. The Morgan fingerprint density at radius 1 is 1.27 bits per heavy atom. The molecule has 160 valence electrons. The molecule has 1 aromatic carbocycles. The maximum atomic E-state index is 13.4. The molecule has 2 heterocycles. The number of amides is 1. The fourth-order valence-electron chi connectivity index (χ4n) is 3.86. The number of hydrogen-bond acceptors (Lipinski definition) is 4. The lowest BCUT2D eigenvalue weighted by Crippen LogP contribution is -2.41. The van der Waals surface area contributed by atoms with Gasteiger partial charge in [-0.2, -0.15) is 0 Å². The van der Waals surface area contributed by atoms with Gasteiger partial charge in [0, 0.05) is 25.0 Å². The van der Waals surface area contributed by atoms with Crippen LogP contribution in [0.1, 0.15) is 37.2 Å². The van der Waals surface area contributed by atoms with E-state index in [-0.39, 0.29) is 17.8 Å². The average Bonchev–Trinajstić information content (AvgIpc) is 3.15.